The van der Waals surface area contributed by atoms with E-state index in [-0.39, 0.29) is 5.56 Å². The van der Waals surface area contributed by atoms with Crippen LogP contribution in [0.25, 0.3) is 0 Å². The van der Waals surface area contributed by atoms with E-state index in [1.165, 1.54) is 12.5 Å². The number of halogens is 1. The molecule has 2 rings (SSSR count). The van der Waals surface area contributed by atoms with Crippen LogP contribution >= 0.6 is 11.6 Å². The molecule has 1 fully saturated rings. The molecule has 20 heavy (non-hydrogen) atoms. The third kappa shape index (κ3) is 4.20. The normalized spacial score (nSPS) is 19.2. The summed E-state index contributed by atoms with van der Waals surface area (Å²) >= 11 is 6.15. The van der Waals surface area contributed by atoms with Crippen molar-refractivity contribution in [3.05, 3.63) is 34.3 Å². The number of hydrogen-bond acceptors (Lipinski definition) is 3. The number of nitrogens with zero attached hydrogens (tertiary/aromatic N) is 1. The molecule has 0 aromatic heterocycles. The lowest BCUT2D eigenvalue weighted by Crippen LogP contribution is -2.30. The number of ether oxygens (including phenoxy) is 1. The summed E-state index contributed by atoms with van der Waals surface area (Å²) in [5.74, 6) is -0.378. The lowest BCUT2D eigenvalue weighted by molar-refractivity contribution is 0.0411. The number of carbonyl (C=O) groups is 1. The summed E-state index contributed by atoms with van der Waals surface area (Å²) in [6.45, 7) is 3.39. The van der Waals surface area contributed by atoms with E-state index in [9.17, 15) is 4.79 Å². The number of aromatic carboxylic acids is 1. The highest BCUT2D eigenvalue weighted by Gasteiger charge is 2.16. The fourth-order valence-corrected chi connectivity index (χ4v) is 2.80. The summed E-state index contributed by atoms with van der Waals surface area (Å²) in [4.78, 5) is 13.1. The molecule has 0 saturated carbocycles. The summed E-state index contributed by atoms with van der Waals surface area (Å²) < 4.78 is 5.48. The average Bonchev–Trinajstić information content (AvgIpc) is 2.42. The summed E-state index contributed by atoms with van der Waals surface area (Å²) in [6, 6.07) is 4.90. The van der Waals surface area contributed by atoms with Gasteiger partial charge in [-0.3, -0.25) is 0 Å². The van der Waals surface area contributed by atoms with Gasteiger partial charge in [0.1, 0.15) is 0 Å². The van der Waals surface area contributed by atoms with Gasteiger partial charge in [-0.25, -0.2) is 4.79 Å². The Balaban J connectivity index is 1.93. The van der Waals surface area contributed by atoms with Gasteiger partial charge in [-0.15, -0.1) is 0 Å². The van der Waals surface area contributed by atoms with Crippen molar-refractivity contribution in [2.75, 3.05) is 26.8 Å². The zero-order valence-corrected chi connectivity index (χ0v) is 12.4. The summed E-state index contributed by atoms with van der Waals surface area (Å²) in [7, 11) is 2.05. The fraction of sp³-hybridized carbons (Fsp3) is 0.533. The number of carboxylic acids is 1. The maximum absolute atomic E-state index is 10.9. The maximum atomic E-state index is 10.9. The second-order valence-corrected chi connectivity index (χ2v) is 5.80. The first kappa shape index (κ1) is 15.3. The van der Waals surface area contributed by atoms with Gasteiger partial charge in [0.2, 0.25) is 0 Å². The molecular formula is C15H20ClNO3. The van der Waals surface area contributed by atoms with E-state index >= 15 is 0 Å². The van der Waals surface area contributed by atoms with Crippen molar-refractivity contribution >= 4 is 17.6 Å². The maximum Gasteiger partial charge on any atom is 0.335 e. The van der Waals surface area contributed by atoms with Crippen LogP contribution in [0.3, 0.4) is 0 Å². The van der Waals surface area contributed by atoms with Gasteiger partial charge >= 0.3 is 5.97 Å². The van der Waals surface area contributed by atoms with Crippen molar-refractivity contribution in [1.29, 1.82) is 0 Å². The molecule has 0 amide bonds. The predicted molar refractivity (Wildman–Crippen MR) is 78.3 cm³/mol. The molecule has 1 atom stereocenters. The average molecular weight is 298 g/mol. The molecule has 1 heterocycles. The van der Waals surface area contributed by atoms with Gasteiger partial charge in [-0.1, -0.05) is 17.7 Å². The summed E-state index contributed by atoms with van der Waals surface area (Å²) in [5.41, 5.74) is 1.18. The Morgan fingerprint density at radius 3 is 2.95 bits per heavy atom. The first-order chi connectivity index (χ1) is 9.56. The molecule has 1 saturated heterocycles. The number of rotatable bonds is 5. The standard InChI is InChI=1S/C15H20ClNO3/c1-17(8-11-3-2-6-20-10-11)9-13-5-4-12(15(18)19)7-14(13)16/h4-5,7,11H,2-3,6,8-10H2,1H3,(H,18,19). The van der Waals surface area contributed by atoms with Crippen LogP contribution in [0, 0.1) is 5.92 Å². The molecule has 1 aromatic rings. The van der Waals surface area contributed by atoms with Gasteiger partial charge in [0.15, 0.2) is 0 Å². The van der Waals surface area contributed by atoms with Gasteiger partial charge < -0.3 is 14.7 Å². The van der Waals surface area contributed by atoms with Crippen molar-refractivity contribution in [1.82, 2.24) is 4.90 Å². The van der Waals surface area contributed by atoms with E-state index in [2.05, 4.69) is 11.9 Å². The summed E-state index contributed by atoms with van der Waals surface area (Å²) in [5, 5.41) is 9.43. The van der Waals surface area contributed by atoms with Crippen LogP contribution in [0.5, 0.6) is 0 Å². The third-order valence-electron chi connectivity index (χ3n) is 3.56. The first-order valence-electron chi connectivity index (χ1n) is 6.84. The van der Waals surface area contributed by atoms with Crippen LogP contribution < -0.4 is 0 Å². The molecule has 1 aromatic carbocycles. The predicted octanol–water partition coefficient (Wildman–Crippen LogP) is 2.90. The molecule has 1 N–H and O–H groups in total. The molecule has 4 nitrogen and oxygen atoms in total. The lowest BCUT2D eigenvalue weighted by atomic mass is 10.0. The van der Waals surface area contributed by atoms with E-state index in [0.717, 1.165) is 38.3 Å². The van der Waals surface area contributed by atoms with E-state index in [1.54, 1.807) is 12.1 Å². The van der Waals surface area contributed by atoms with E-state index in [1.807, 2.05) is 0 Å². The minimum atomic E-state index is -0.953. The van der Waals surface area contributed by atoms with Crippen molar-refractivity contribution in [3.8, 4) is 0 Å². The third-order valence-corrected chi connectivity index (χ3v) is 3.92. The van der Waals surface area contributed by atoms with Crippen molar-refractivity contribution < 1.29 is 14.6 Å². The molecule has 1 aliphatic heterocycles. The highest BCUT2D eigenvalue weighted by atomic mass is 35.5. The van der Waals surface area contributed by atoms with Gasteiger partial charge in [-0.05, 0) is 43.5 Å². The largest absolute Gasteiger partial charge is 0.478 e. The number of hydrogen-bond donors (Lipinski definition) is 1. The van der Waals surface area contributed by atoms with Crippen LogP contribution in [0.2, 0.25) is 5.02 Å². The van der Waals surface area contributed by atoms with Gasteiger partial charge in [0.05, 0.1) is 12.2 Å². The van der Waals surface area contributed by atoms with Crippen LogP contribution in [-0.4, -0.2) is 42.8 Å². The van der Waals surface area contributed by atoms with E-state index < -0.39 is 5.97 Å². The Hall–Kier alpha value is -1.10. The Morgan fingerprint density at radius 1 is 1.55 bits per heavy atom. The first-order valence-corrected chi connectivity index (χ1v) is 7.22. The highest BCUT2D eigenvalue weighted by Crippen LogP contribution is 2.21. The van der Waals surface area contributed by atoms with Gasteiger partial charge in [-0.2, -0.15) is 0 Å². The second kappa shape index (κ2) is 7.07. The highest BCUT2D eigenvalue weighted by molar-refractivity contribution is 6.31. The van der Waals surface area contributed by atoms with Gasteiger partial charge in [0.25, 0.3) is 0 Å². The second-order valence-electron chi connectivity index (χ2n) is 5.39. The molecule has 0 aliphatic carbocycles. The molecule has 5 heteroatoms. The zero-order valence-electron chi connectivity index (χ0n) is 11.6. The topological polar surface area (TPSA) is 49.8 Å². The molecular weight excluding hydrogens is 278 g/mol. The zero-order chi connectivity index (χ0) is 14.5. The smallest absolute Gasteiger partial charge is 0.335 e. The number of carboxylic acid groups (broad SMARTS) is 1. The van der Waals surface area contributed by atoms with Crippen molar-refractivity contribution in [3.63, 3.8) is 0 Å². The Bertz CT molecular complexity index is 472. The van der Waals surface area contributed by atoms with Crippen LogP contribution in [0.1, 0.15) is 28.8 Å². The van der Waals surface area contributed by atoms with Crippen LogP contribution in [-0.2, 0) is 11.3 Å². The van der Waals surface area contributed by atoms with Crippen LogP contribution in [0.15, 0.2) is 18.2 Å². The van der Waals surface area contributed by atoms with E-state index in [0.29, 0.717) is 10.9 Å². The molecule has 1 aliphatic rings. The molecule has 110 valence electrons. The Kier molecular flexibility index (Phi) is 5.40. The number of benzene rings is 1. The van der Waals surface area contributed by atoms with Crippen LogP contribution in [0.4, 0.5) is 0 Å². The van der Waals surface area contributed by atoms with E-state index in [4.69, 9.17) is 21.4 Å². The Labute approximate surface area is 124 Å². The quantitative estimate of drug-likeness (QED) is 0.908. The summed E-state index contributed by atoms with van der Waals surface area (Å²) in [6.07, 6.45) is 2.34. The minimum absolute atomic E-state index is 0.224. The van der Waals surface area contributed by atoms with Crippen molar-refractivity contribution in [2.45, 2.75) is 19.4 Å². The molecule has 0 spiro atoms. The van der Waals surface area contributed by atoms with Crippen molar-refractivity contribution in [2.24, 2.45) is 5.92 Å². The minimum Gasteiger partial charge on any atom is -0.478 e. The lowest BCUT2D eigenvalue weighted by Gasteiger charge is -2.27. The fourth-order valence-electron chi connectivity index (χ4n) is 2.56. The molecule has 0 bridgehead atoms. The SMILES string of the molecule is CN(Cc1ccc(C(=O)O)cc1Cl)CC1CCCOC1. The molecule has 0 radical (unpaired) electrons. The Morgan fingerprint density at radius 2 is 2.35 bits per heavy atom. The molecule has 1 unspecified atom stereocenters. The monoisotopic (exact) mass is 297 g/mol. The van der Waals surface area contributed by atoms with Gasteiger partial charge in [0, 0.05) is 24.7 Å².